The van der Waals surface area contributed by atoms with Crippen LogP contribution in [-0.4, -0.2) is 50.1 Å². The number of ether oxygens (including phenoxy) is 1. The van der Waals surface area contributed by atoms with E-state index in [-0.39, 0.29) is 12.5 Å². The van der Waals surface area contributed by atoms with Crippen molar-refractivity contribution in [1.82, 2.24) is 25.1 Å². The van der Waals surface area contributed by atoms with Crippen molar-refractivity contribution >= 4 is 11.9 Å². The predicted molar refractivity (Wildman–Crippen MR) is 121 cm³/mol. The van der Waals surface area contributed by atoms with Gasteiger partial charge in [-0.25, -0.2) is 9.48 Å². The fourth-order valence-corrected chi connectivity index (χ4v) is 3.36. The molecule has 0 bridgehead atoms. The van der Waals surface area contributed by atoms with Crippen molar-refractivity contribution in [1.29, 1.82) is 0 Å². The van der Waals surface area contributed by atoms with Crippen molar-refractivity contribution in [3.63, 3.8) is 0 Å². The highest BCUT2D eigenvalue weighted by molar-refractivity contribution is 5.91. The van der Waals surface area contributed by atoms with Gasteiger partial charge in [0.2, 0.25) is 0 Å². The van der Waals surface area contributed by atoms with Crippen LogP contribution in [-0.2, 0) is 22.5 Å². The van der Waals surface area contributed by atoms with Gasteiger partial charge in [-0.3, -0.25) is 4.79 Å². The van der Waals surface area contributed by atoms with Crippen LogP contribution < -0.4 is 0 Å². The first-order chi connectivity index (χ1) is 16.2. The zero-order valence-corrected chi connectivity index (χ0v) is 17.9. The lowest BCUT2D eigenvalue weighted by atomic mass is 10.1. The molecule has 0 atom stereocenters. The lowest BCUT2D eigenvalue weighted by Gasteiger charge is -2.23. The number of rotatable bonds is 9. The van der Waals surface area contributed by atoms with Crippen molar-refractivity contribution < 1.29 is 14.3 Å². The number of carbonyl (C=O) groups is 2. The normalized spacial score (nSPS) is 10.5. The minimum Gasteiger partial charge on any atom is -0.452 e. The molecule has 0 saturated heterocycles. The number of benzene rings is 3. The van der Waals surface area contributed by atoms with E-state index in [2.05, 4.69) is 15.5 Å². The van der Waals surface area contributed by atoms with Crippen LogP contribution in [0.5, 0.6) is 0 Å². The maximum atomic E-state index is 13.0. The van der Waals surface area contributed by atoms with Gasteiger partial charge in [0.05, 0.1) is 11.3 Å². The Morgan fingerprint density at radius 3 is 2.30 bits per heavy atom. The molecule has 4 aromatic rings. The fourth-order valence-electron chi connectivity index (χ4n) is 3.36. The number of amides is 1. The van der Waals surface area contributed by atoms with Crippen LogP contribution >= 0.6 is 0 Å². The molecule has 166 valence electrons. The van der Waals surface area contributed by atoms with Gasteiger partial charge in [0.25, 0.3) is 5.91 Å². The van der Waals surface area contributed by atoms with Crippen LogP contribution in [0.1, 0.15) is 21.5 Å². The van der Waals surface area contributed by atoms with Gasteiger partial charge < -0.3 is 9.64 Å². The quantitative estimate of drug-likeness (QED) is 0.371. The third-order valence-electron chi connectivity index (χ3n) is 5.10. The van der Waals surface area contributed by atoms with Gasteiger partial charge in [-0.1, -0.05) is 66.7 Å². The fraction of sp³-hybridized carbons (Fsp3) is 0.160. The summed E-state index contributed by atoms with van der Waals surface area (Å²) in [6.45, 7) is 0.623. The molecule has 8 nitrogen and oxygen atoms in total. The van der Waals surface area contributed by atoms with Crippen molar-refractivity contribution in [2.75, 3.05) is 13.2 Å². The minimum atomic E-state index is -0.582. The molecule has 1 amide bonds. The van der Waals surface area contributed by atoms with Gasteiger partial charge in [0.1, 0.15) is 6.33 Å². The molecule has 1 aromatic heterocycles. The topological polar surface area (TPSA) is 90.2 Å². The minimum absolute atomic E-state index is 0.250. The molecular formula is C25H23N5O3. The third kappa shape index (κ3) is 6.10. The second-order valence-corrected chi connectivity index (χ2v) is 7.42. The second kappa shape index (κ2) is 10.8. The largest absolute Gasteiger partial charge is 0.452 e. The van der Waals surface area contributed by atoms with E-state index in [0.717, 1.165) is 11.1 Å². The number of nitrogens with zero attached hydrogens (tertiary/aromatic N) is 5. The van der Waals surface area contributed by atoms with E-state index in [1.54, 1.807) is 29.2 Å². The summed E-state index contributed by atoms with van der Waals surface area (Å²) in [5, 5.41) is 11.0. The zero-order chi connectivity index (χ0) is 22.9. The van der Waals surface area contributed by atoms with E-state index < -0.39 is 5.97 Å². The van der Waals surface area contributed by atoms with E-state index in [9.17, 15) is 9.59 Å². The van der Waals surface area contributed by atoms with Gasteiger partial charge >= 0.3 is 5.97 Å². The highest BCUT2D eigenvalue weighted by Crippen LogP contribution is 2.11. The van der Waals surface area contributed by atoms with Crippen LogP contribution in [0.15, 0.2) is 91.3 Å². The molecule has 0 N–H and O–H groups in total. The standard InChI is InChI=1S/C25H23N5O3/c31-24(18-33-25(32)22-12-7-13-23(16-22)30-19-26-27-28-30)29(17-21-10-5-2-6-11-21)15-14-20-8-3-1-4-9-20/h1-13,16,19H,14-15,17-18H2. The SMILES string of the molecule is O=C(OCC(=O)N(CCc1ccccc1)Cc1ccccc1)c1cccc(-n2cnnn2)c1. The molecule has 4 rings (SSSR count). The Labute approximate surface area is 191 Å². The maximum absolute atomic E-state index is 13.0. The second-order valence-electron chi connectivity index (χ2n) is 7.42. The Hall–Kier alpha value is -4.33. The molecule has 0 aliphatic heterocycles. The molecule has 0 fully saturated rings. The van der Waals surface area contributed by atoms with Crippen molar-refractivity contribution in [3.8, 4) is 5.69 Å². The number of tetrazole rings is 1. The molecule has 0 spiro atoms. The molecule has 8 heteroatoms. The highest BCUT2D eigenvalue weighted by Gasteiger charge is 2.17. The number of hydrogen-bond donors (Lipinski definition) is 0. The van der Waals surface area contributed by atoms with Crippen LogP contribution in [0.2, 0.25) is 0 Å². The van der Waals surface area contributed by atoms with E-state index in [4.69, 9.17) is 4.74 Å². The molecule has 0 unspecified atom stereocenters. The molecule has 0 radical (unpaired) electrons. The van der Waals surface area contributed by atoms with Crippen LogP contribution in [0.4, 0.5) is 0 Å². The molecule has 0 aliphatic rings. The average Bonchev–Trinajstić information content (AvgIpc) is 3.41. The summed E-state index contributed by atoms with van der Waals surface area (Å²) < 4.78 is 6.78. The van der Waals surface area contributed by atoms with Crippen LogP contribution in [0, 0.1) is 0 Å². The van der Waals surface area contributed by atoms with Gasteiger partial charge in [-0.05, 0) is 46.2 Å². The zero-order valence-electron chi connectivity index (χ0n) is 17.9. The Kier molecular flexibility index (Phi) is 7.17. The van der Waals surface area contributed by atoms with Crippen LogP contribution in [0.25, 0.3) is 5.69 Å². The maximum Gasteiger partial charge on any atom is 0.338 e. The van der Waals surface area contributed by atoms with Gasteiger partial charge in [0.15, 0.2) is 6.61 Å². The van der Waals surface area contributed by atoms with E-state index in [1.165, 1.54) is 11.0 Å². The molecule has 33 heavy (non-hydrogen) atoms. The first-order valence-electron chi connectivity index (χ1n) is 10.6. The molecule has 0 saturated carbocycles. The summed E-state index contributed by atoms with van der Waals surface area (Å²) in [5.74, 6) is -0.833. The number of esters is 1. The van der Waals surface area contributed by atoms with E-state index in [1.807, 2.05) is 60.7 Å². The first-order valence-corrected chi connectivity index (χ1v) is 10.6. The number of carbonyl (C=O) groups excluding carboxylic acids is 2. The first kappa shape index (κ1) is 21.9. The van der Waals surface area contributed by atoms with Crippen molar-refractivity contribution in [2.24, 2.45) is 0 Å². The number of hydrogen-bond acceptors (Lipinski definition) is 6. The molecule has 3 aromatic carbocycles. The summed E-state index contributed by atoms with van der Waals surface area (Å²) in [5.41, 5.74) is 3.09. The van der Waals surface area contributed by atoms with E-state index >= 15 is 0 Å². The van der Waals surface area contributed by atoms with Crippen molar-refractivity contribution in [3.05, 3.63) is 108 Å². The molecule has 0 aliphatic carbocycles. The molecular weight excluding hydrogens is 418 g/mol. The Morgan fingerprint density at radius 2 is 1.61 bits per heavy atom. The predicted octanol–water partition coefficient (Wildman–Crippen LogP) is 3.09. The van der Waals surface area contributed by atoms with Crippen LogP contribution in [0.3, 0.4) is 0 Å². The highest BCUT2D eigenvalue weighted by atomic mass is 16.5. The Morgan fingerprint density at radius 1 is 0.879 bits per heavy atom. The van der Waals surface area contributed by atoms with Crippen molar-refractivity contribution in [2.45, 2.75) is 13.0 Å². The summed E-state index contributed by atoms with van der Waals surface area (Å²) in [7, 11) is 0. The van der Waals surface area contributed by atoms with E-state index in [0.29, 0.717) is 30.8 Å². The Bertz CT molecular complexity index is 1180. The third-order valence-corrected chi connectivity index (χ3v) is 5.10. The summed E-state index contributed by atoms with van der Waals surface area (Å²) >= 11 is 0. The molecule has 1 heterocycles. The van der Waals surface area contributed by atoms with Gasteiger partial charge in [0, 0.05) is 13.1 Å². The monoisotopic (exact) mass is 441 g/mol. The smallest absolute Gasteiger partial charge is 0.338 e. The lowest BCUT2D eigenvalue weighted by Crippen LogP contribution is -2.35. The summed E-state index contributed by atoms with van der Waals surface area (Å²) in [4.78, 5) is 27.3. The van der Waals surface area contributed by atoms with Gasteiger partial charge in [-0.2, -0.15) is 0 Å². The Balaban J connectivity index is 1.40. The van der Waals surface area contributed by atoms with Gasteiger partial charge in [-0.15, -0.1) is 5.10 Å². The summed E-state index contributed by atoms with van der Waals surface area (Å²) in [6, 6.07) is 26.4. The summed E-state index contributed by atoms with van der Waals surface area (Å²) in [6.07, 6.45) is 2.14. The lowest BCUT2D eigenvalue weighted by molar-refractivity contribution is -0.135. The number of aromatic nitrogens is 4. The average molecular weight is 441 g/mol.